The fourth-order valence-corrected chi connectivity index (χ4v) is 4.85. The quantitative estimate of drug-likeness (QED) is 0.358. The molecular weight excluding hydrogens is 556 g/mol. The lowest BCUT2D eigenvalue weighted by molar-refractivity contribution is -0.144. The highest BCUT2D eigenvalue weighted by molar-refractivity contribution is 9.10. The fourth-order valence-electron chi connectivity index (χ4n) is 4.40. The molecule has 0 fully saturated rings. The summed E-state index contributed by atoms with van der Waals surface area (Å²) in [6.07, 6.45) is 0.977. The van der Waals surface area contributed by atoms with Gasteiger partial charge in [-0.25, -0.2) is 8.78 Å². The molecular formula is C27H23BrClF2NO4. The van der Waals surface area contributed by atoms with Crippen molar-refractivity contribution >= 4 is 39.4 Å². The maximum Gasteiger partial charge on any atom is 0.323 e. The minimum atomic E-state index is -1.18. The van der Waals surface area contributed by atoms with Crippen LogP contribution in [0.5, 0.6) is 5.75 Å². The third-order valence-electron chi connectivity index (χ3n) is 6.02. The summed E-state index contributed by atoms with van der Waals surface area (Å²) in [5, 5.41) is 9.35. The molecule has 1 amide bonds. The van der Waals surface area contributed by atoms with Crippen LogP contribution in [0.1, 0.15) is 29.2 Å². The molecule has 3 aromatic rings. The van der Waals surface area contributed by atoms with Gasteiger partial charge in [-0.2, -0.15) is 0 Å². The number of carboxylic acids is 1. The molecule has 0 saturated carbocycles. The summed E-state index contributed by atoms with van der Waals surface area (Å²) >= 11 is 8.97. The van der Waals surface area contributed by atoms with E-state index in [1.54, 1.807) is 24.3 Å². The predicted molar refractivity (Wildman–Crippen MR) is 135 cm³/mol. The van der Waals surface area contributed by atoms with E-state index in [1.165, 1.54) is 24.3 Å². The molecule has 4 rings (SSSR count). The molecule has 0 aromatic heterocycles. The Morgan fingerprint density at radius 3 is 2.53 bits per heavy atom. The summed E-state index contributed by atoms with van der Waals surface area (Å²) in [6, 6.07) is 14.5. The van der Waals surface area contributed by atoms with E-state index in [-0.39, 0.29) is 23.6 Å². The molecule has 0 unspecified atom stereocenters. The summed E-state index contributed by atoms with van der Waals surface area (Å²) in [6.45, 7) is 1.23. The van der Waals surface area contributed by atoms with Gasteiger partial charge < -0.3 is 14.7 Å². The van der Waals surface area contributed by atoms with Crippen LogP contribution in [0.25, 0.3) is 0 Å². The van der Waals surface area contributed by atoms with Crippen LogP contribution in [0.4, 0.5) is 8.78 Å². The van der Waals surface area contributed by atoms with Gasteiger partial charge >= 0.3 is 5.97 Å². The van der Waals surface area contributed by atoms with E-state index >= 15 is 0 Å². The van der Waals surface area contributed by atoms with Crippen LogP contribution in [0.2, 0.25) is 5.02 Å². The van der Waals surface area contributed by atoms with Gasteiger partial charge in [-0.3, -0.25) is 9.59 Å². The molecule has 1 heterocycles. The summed E-state index contributed by atoms with van der Waals surface area (Å²) in [5.41, 5.74) is 1.98. The first-order valence-corrected chi connectivity index (χ1v) is 12.4. The number of carbonyl (C=O) groups is 2. The van der Waals surface area contributed by atoms with Crippen LogP contribution in [0.3, 0.4) is 0 Å². The van der Waals surface area contributed by atoms with Gasteiger partial charge in [-0.15, -0.1) is 0 Å². The zero-order valence-electron chi connectivity index (χ0n) is 19.4. The van der Waals surface area contributed by atoms with Crippen LogP contribution >= 0.6 is 27.5 Å². The van der Waals surface area contributed by atoms with E-state index in [9.17, 15) is 23.5 Å². The first-order valence-electron chi connectivity index (χ1n) is 11.2. The Labute approximate surface area is 220 Å². The maximum absolute atomic E-state index is 14.3. The topological polar surface area (TPSA) is 66.8 Å². The van der Waals surface area contributed by atoms with Gasteiger partial charge in [-0.1, -0.05) is 51.8 Å². The van der Waals surface area contributed by atoms with Crippen molar-refractivity contribution in [3.63, 3.8) is 0 Å². The van der Waals surface area contributed by atoms with Crippen LogP contribution in [0, 0.1) is 11.6 Å². The second kappa shape index (κ2) is 10.6. The molecule has 5 nitrogen and oxygen atoms in total. The average Bonchev–Trinajstić information content (AvgIpc) is 3.12. The number of benzene rings is 3. The van der Waals surface area contributed by atoms with Gasteiger partial charge in [0.25, 0.3) is 0 Å². The Bertz CT molecular complexity index is 1340. The second-order valence-corrected chi connectivity index (χ2v) is 10.5. The SMILES string of the molecule is C[C@@]1(Cc2ccc(Cl)c(F)c2)Cc2cc(CC(=O)N(CC(=O)O)Cc3ccc(Br)cc3F)ccc2O1. The van der Waals surface area contributed by atoms with Crippen LogP contribution in [-0.2, 0) is 35.4 Å². The summed E-state index contributed by atoms with van der Waals surface area (Å²) in [4.78, 5) is 25.5. The number of hydrogen-bond acceptors (Lipinski definition) is 3. The van der Waals surface area contributed by atoms with Gasteiger partial charge in [0, 0.05) is 29.4 Å². The smallest absolute Gasteiger partial charge is 0.323 e. The molecule has 1 aliphatic heterocycles. The third kappa shape index (κ3) is 6.23. The van der Waals surface area contributed by atoms with Crippen LogP contribution in [0.15, 0.2) is 59.1 Å². The average molecular weight is 579 g/mol. The van der Waals surface area contributed by atoms with Crippen molar-refractivity contribution < 1.29 is 28.2 Å². The number of aliphatic carboxylic acids is 1. The zero-order chi connectivity index (χ0) is 26.0. The molecule has 188 valence electrons. The highest BCUT2D eigenvalue weighted by Gasteiger charge is 2.35. The number of ether oxygens (including phenoxy) is 1. The monoisotopic (exact) mass is 577 g/mol. The number of hydrogen-bond donors (Lipinski definition) is 1. The van der Waals surface area contributed by atoms with E-state index in [0.717, 1.165) is 16.0 Å². The standard InChI is InChI=1S/C27H23BrClF2NO4/c1-27(12-17-2-6-21(29)23(31)9-17)13-19-8-16(3-7-24(19)36-27)10-25(33)32(15-26(34)35)14-18-4-5-20(28)11-22(18)30/h2-9,11H,10,12-15H2,1H3,(H,34,35)/t27-/m1/s1. The van der Waals surface area contributed by atoms with Gasteiger partial charge in [0.05, 0.1) is 11.4 Å². The fraction of sp³-hybridized carbons (Fsp3) is 0.259. The minimum Gasteiger partial charge on any atom is -0.487 e. The summed E-state index contributed by atoms with van der Waals surface area (Å²) < 4.78 is 34.9. The van der Waals surface area contributed by atoms with Gasteiger partial charge in [0.15, 0.2) is 0 Å². The van der Waals surface area contributed by atoms with E-state index in [0.29, 0.717) is 28.6 Å². The Kier molecular flexibility index (Phi) is 7.66. The van der Waals surface area contributed by atoms with Gasteiger partial charge in [0.1, 0.15) is 29.5 Å². The van der Waals surface area contributed by atoms with Crippen molar-refractivity contribution in [1.82, 2.24) is 4.90 Å². The molecule has 0 bridgehead atoms. The molecule has 0 radical (unpaired) electrons. The lowest BCUT2D eigenvalue weighted by Gasteiger charge is -2.24. The summed E-state index contributed by atoms with van der Waals surface area (Å²) in [5.74, 6) is -1.94. The number of halogens is 4. The molecule has 36 heavy (non-hydrogen) atoms. The predicted octanol–water partition coefficient (Wildman–Crippen LogP) is 5.97. The van der Waals surface area contributed by atoms with Crippen molar-refractivity contribution in [2.75, 3.05) is 6.54 Å². The van der Waals surface area contributed by atoms with E-state index in [1.807, 2.05) is 13.0 Å². The lowest BCUT2D eigenvalue weighted by Crippen LogP contribution is -2.36. The van der Waals surface area contributed by atoms with Crippen molar-refractivity contribution in [2.24, 2.45) is 0 Å². The first-order chi connectivity index (χ1) is 17.0. The molecule has 1 N–H and O–H groups in total. The molecule has 3 aromatic carbocycles. The van der Waals surface area contributed by atoms with Gasteiger partial charge in [-0.05, 0) is 53.9 Å². The number of nitrogens with zero attached hydrogens (tertiary/aromatic N) is 1. The number of rotatable bonds is 8. The number of carboxylic acid groups (broad SMARTS) is 1. The van der Waals surface area contributed by atoms with Crippen molar-refractivity contribution in [3.8, 4) is 5.75 Å². The van der Waals surface area contributed by atoms with Crippen molar-refractivity contribution in [2.45, 2.75) is 38.3 Å². The number of fused-ring (bicyclic) bond motifs is 1. The molecule has 0 spiro atoms. The van der Waals surface area contributed by atoms with E-state index in [4.69, 9.17) is 16.3 Å². The minimum absolute atomic E-state index is 0.0438. The highest BCUT2D eigenvalue weighted by atomic mass is 79.9. The second-order valence-electron chi connectivity index (χ2n) is 9.15. The largest absolute Gasteiger partial charge is 0.487 e. The molecule has 0 aliphatic carbocycles. The Morgan fingerprint density at radius 1 is 1.08 bits per heavy atom. The highest BCUT2D eigenvalue weighted by Crippen LogP contribution is 2.38. The van der Waals surface area contributed by atoms with Crippen LogP contribution in [-0.4, -0.2) is 34.0 Å². The van der Waals surface area contributed by atoms with E-state index < -0.39 is 35.7 Å². The van der Waals surface area contributed by atoms with Crippen molar-refractivity contribution in [3.05, 3.63) is 98.0 Å². The van der Waals surface area contributed by atoms with Crippen LogP contribution < -0.4 is 4.74 Å². The molecule has 9 heteroatoms. The molecule has 0 saturated heterocycles. The maximum atomic E-state index is 14.3. The Hall–Kier alpha value is -2.97. The Balaban J connectivity index is 1.47. The van der Waals surface area contributed by atoms with E-state index in [2.05, 4.69) is 15.9 Å². The lowest BCUT2D eigenvalue weighted by atomic mass is 9.91. The van der Waals surface area contributed by atoms with Gasteiger partial charge in [0.2, 0.25) is 5.91 Å². The Morgan fingerprint density at radius 2 is 1.83 bits per heavy atom. The van der Waals surface area contributed by atoms with Crippen molar-refractivity contribution in [1.29, 1.82) is 0 Å². The molecule has 1 aliphatic rings. The third-order valence-corrected chi connectivity index (χ3v) is 6.82. The molecule has 1 atom stereocenters. The normalized spacial score (nSPS) is 16.4. The number of carbonyl (C=O) groups excluding carboxylic acids is 1. The first kappa shape index (κ1) is 26.1. The zero-order valence-corrected chi connectivity index (χ0v) is 21.7. The summed E-state index contributed by atoms with van der Waals surface area (Å²) in [7, 11) is 0. The number of amides is 1.